The number of rotatable bonds is 3. The molecule has 3 aliphatic carbocycles. The molecule has 3 rings (SSSR count). The Morgan fingerprint density at radius 1 is 0.762 bits per heavy atom. The molecule has 0 unspecified atom stereocenters. The van der Waals surface area contributed by atoms with Crippen molar-refractivity contribution in [1.29, 1.82) is 0 Å². The molecule has 2 heteroatoms. The van der Waals surface area contributed by atoms with Crippen LogP contribution in [0.1, 0.15) is 84.0 Å². The number of allylic oxidation sites excluding steroid dienone is 1. The van der Waals surface area contributed by atoms with Gasteiger partial charge in [0, 0.05) is 20.4 Å². The minimum atomic E-state index is 0. The fourth-order valence-corrected chi connectivity index (χ4v) is 9.17. The third-order valence-corrected chi connectivity index (χ3v) is 9.32. The normalized spacial score (nSPS) is 23.9. The molecule has 126 valence electrons. The van der Waals surface area contributed by atoms with Crippen LogP contribution >= 0.6 is 7.92 Å². The Morgan fingerprint density at radius 2 is 0.952 bits per heavy atom. The molecule has 0 nitrogen and oxygen atoms in total. The van der Waals surface area contributed by atoms with Crippen LogP contribution in [0.4, 0.5) is 0 Å². The second-order valence-electron chi connectivity index (χ2n) is 7.22. The van der Waals surface area contributed by atoms with E-state index in [1.165, 1.54) is 17.0 Å². The van der Waals surface area contributed by atoms with Crippen molar-refractivity contribution in [3.63, 3.8) is 0 Å². The van der Waals surface area contributed by atoms with Crippen LogP contribution in [0.25, 0.3) is 0 Å². The van der Waals surface area contributed by atoms with Gasteiger partial charge in [-0.2, -0.15) is 0 Å². The van der Waals surface area contributed by atoms with Crippen molar-refractivity contribution < 1.29 is 20.4 Å². The van der Waals surface area contributed by atoms with E-state index in [0.717, 1.165) is 5.57 Å². The summed E-state index contributed by atoms with van der Waals surface area (Å²) < 4.78 is 0. The van der Waals surface area contributed by atoms with Gasteiger partial charge in [0.1, 0.15) is 0 Å². The van der Waals surface area contributed by atoms with Crippen molar-refractivity contribution >= 4 is 7.92 Å². The fraction of sp³-hybridized carbons (Fsp3) is 0.842. The van der Waals surface area contributed by atoms with Crippen molar-refractivity contribution in [2.24, 2.45) is 0 Å². The molecule has 0 N–H and O–H groups in total. The summed E-state index contributed by atoms with van der Waals surface area (Å²) in [6, 6.07) is 0. The maximum atomic E-state index is 3.44. The first kappa shape index (κ1) is 19.7. The molecule has 0 amide bonds. The summed E-state index contributed by atoms with van der Waals surface area (Å²) in [5.41, 5.74) is 4.54. The first-order chi connectivity index (χ1) is 9.68. The van der Waals surface area contributed by atoms with Crippen LogP contribution in [0.5, 0.6) is 0 Å². The van der Waals surface area contributed by atoms with E-state index in [0.29, 0.717) is 7.92 Å². The SMILES string of the molecule is C1CCC(P(C2CCCC2)C2CCCC2)C1.C=C([CH2-])C.[Pd]. The fourth-order valence-electron chi connectivity index (χ4n) is 4.50. The average molecular weight is 400 g/mol. The zero-order chi connectivity index (χ0) is 14.4. The van der Waals surface area contributed by atoms with Gasteiger partial charge in [-0.3, -0.25) is 0 Å². The monoisotopic (exact) mass is 399 g/mol. The molecule has 0 aliphatic heterocycles. The Hall–Kier alpha value is 0.702. The second kappa shape index (κ2) is 10.5. The van der Waals surface area contributed by atoms with Gasteiger partial charge in [0.05, 0.1) is 0 Å². The summed E-state index contributed by atoms with van der Waals surface area (Å²) in [5.74, 6) is 0. The van der Waals surface area contributed by atoms with Crippen molar-refractivity contribution in [3.05, 3.63) is 19.1 Å². The van der Waals surface area contributed by atoms with E-state index in [-0.39, 0.29) is 20.4 Å². The zero-order valence-electron chi connectivity index (χ0n) is 13.9. The van der Waals surface area contributed by atoms with Gasteiger partial charge in [-0.1, -0.05) is 53.4 Å². The largest absolute Gasteiger partial charge is 0.242 e. The molecule has 0 aromatic heterocycles. The summed E-state index contributed by atoms with van der Waals surface area (Å²) in [6.07, 6.45) is 19.0. The van der Waals surface area contributed by atoms with Gasteiger partial charge in [0.2, 0.25) is 0 Å². The van der Waals surface area contributed by atoms with Gasteiger partial charge in [-0.15, -0.1) is 0 Å². The zero-order valence-corrected chi connectivity index (χ0v) is 16.3. The molecule has 0 bridgehead atoms. The predicted octanol–water partition coefficient (Wildman–Crippen LogP) is 6.69. The molecule has 0 atom stereocenters. The first-order valence-electron chi connectivity index (χ1n) is 8.93. The van der Waals surface area contributed by atoms with Crippen LogP contribution < -0.4 is 0 Å². The average Bonchev–Trinajstić information content (AvgIpc) is 3.13. The van der Waals surface area contributed by atoms with Gasteiger partial charge in [-0.25, -0.2) is 19.1 Å². The molecule has 0 spiro atoms. The quantitative estimate of drug-likeness (QED) is 0.282. The summed E-state index contributed by atoms with van der Waals surface area (Å²) >= 11 is 0. The van der Waals surface area contributed by atoms with Gasteiger partial charge in [0.15, 0.2) is 0 Å². The molecule has 0 aromatic rings. The second-order valence-corrected chi connectivity index (χ2v) is 10.3. The summed E-state index contributed by atoms with van der Waals surface area (Å²) in [4.78, 5) is 0. The molecular formula is C19H34PPd-. The number of hydrogen-bond acceptors (Lipinski definition) is 0. The Balaban J connectivity index is 0.000000397. The Kier molecular flexibility index (Phi) is 9.85. The minimum absolute atomic E-state index is 0. The summed E-state index contributed by atoms with van der Waals surface area (Å²) in [6.45, 7) is 8.75. The van der Waals surface area contributed by atoms with Crippen LogP contribution in [0.15, 0.2) is 12.2 Å². The molecule has 0 aromatic carbocycles. The molecule has 3 saturated carbocycles. The van der Waals surface area contributed by atoms with Crippen molar-refractivity contribution in [2.45, 2.75) is 101 Å². The molecule has 3 fully saturated rings. The van der Waals surface area contributed by atoms with Crippen molar-refractivity contribution in [1.82, 2.24) is 0 Å². The maximum Gasteiger partial charge on any atom is 0 e. The van der Waals surface area contributed by atoms with Gasteiger partial charge >= 0.3 is 0 Å². The van der Waals surface area contributed by atoms with Gasteiger partial charge < -0.3 is 0 Å². The molecule has 0 heterocycles. The summed E-state index contributed by atoms with van der Waals surface area (Å²) in [5, 5.41) is 0. The van der Waals surface area contributed by atoms with Gasteiger partial charge in [0.25, 0.3) is 0 Å². The molecule has 21 heavy (non-hydrogen) atoms. The van der Waals surface area contributed by atoms with E-state index in [4.69, 9.17) is 0 Å². The van der Waals surface area contributed by atoms with Crippen LogP contribution in [0.2, 0.25) is 0 Å². The summed E-state index contributed by atoms with van der Waals surface area (Å²) in [7, 11) is 0.436. The Labute approximate surface area is 148 Å². The maximum absolute atomic E-state index is 3.44. The van der Waals surface area contributed by atoms with Crippen LogP contribution in [-0.4, -0.2) is 17.0 Å². The third-order valence-electron chi connectivity index (χ3n) is 5.24. The van der Waals surface area contributed by atoms with E-state index >= 15 is 0 Å². The topological polar surface area (TPSA) is 0 Å². The molecular weight excluding hydrogens is 366 g/mol. The predicted molar refractivity (Wildman–Crippen MR) is 93.9 cm³/mol. The Bertz CT molecular complexity index is 242. The first-order valence-corrected chi connectivity index (χ1v) is 10.5. The van der Waals surface area contributed by atoms with Crippen LogP contribution in [0.3, 0.4) is 0 Å². The minimum Gasteiger partial charge on any atom is -0.242 e. The standard InChI is InChI=1S/C15H27P.C4H7.Pd/c1-2-8-13(7-1)16(14-9-3-4-10-14)15-11-5-6-12-15;1-4(2)3;/h13-15H,1-12H2;1-2H2,3H3;/q;-1;. The van der Waals surface area contributed by atoms with Crippen LogP contribution in [-0.2, 0) is 20.4 Å². The van der Waals surface area contributed by atoms with E-state index in [2.05, 4.69) is 13.5 Å². The van der Waals surface area contributed by atoms with E-state index in [9.17, 15) is 0 Å². The number of hydrogen-bond donors (Lipinski definition) is 0. The van der Waals surface area contributed by atoms with E-state index < -0.39 is 0 Å². The third kappa shape index (κ3) is 6.38. The van der Waals surface area contributed by atoms with Crippen molar-refractivity contribution in [3.8, 4) is 0 Å². The molecule has 0 saturated heterocycles. The molecule has 3 aliphatic rings. The van der Waals surface area contributed by atoms with Crippen molar-refractivity contribution in [2.75, 3.05) is 0 Å². The Morgan fingerprint density at radius 3 is 1.14 bits per heavy atom. The van der Waals surface area contributed by atoms with Gasteiger partial charge in [-0.05, 0) is 55.5 Å². The van der Waals surface area contributed by atoms with E-state index in [1.54, 1.807) is 77.0 Å². The van der Waals surface area contributed by atoms with E-state index in [1.807, 2.05) is 6.92 Å². The van der Waals surface area contributed by atoms with Crippen LogP contribution in [0, 0.1) is 6.92 Å². The molecule has 0 radical (unpaired) electrons. The smallest absolute Gasteiger partial charge is 0 e.